The van der Waals surface area contributed by atoms with Crippen LogP contribution in [0.15, 0.2) is 60.6 Å². The lowest BCUT2D eigenvalue weighted by Gasteiger charge is -2.21. The van der Waals surface area contributed by atoms with Gasteiger partial charge in [-0.2, -0.15) is 0 Å². The second-order valence-corrected chi connectivity index (χ2v) is 8.69. The van der Waals surface area contributed by atoms with Gasteiger partial charge >= 0.3 is 0 Å². The van der Waals surface area contributed by atoms with Crippen LogP contribution >= 0.6 is 11.3 Å². The van der Waals surface area contributed by atoms with E-state index in [1.165, 1.54) is 25.7 Å². The Labute approximate surface area is 159 Å². The van der Waals surface area contributed by atoms with Crippen LogP contribution in [-0.4, -0.2) is 0 Å². The number of hydrogen-bond donors (Lipinski definition) is 0. The summed E-state index contributed by atoms with van der Waals surface area (Å²) in [5, 5.41) is 2.45. The van der Waals surface area contributed by atoms with E-state index in [4.69, 9.17) is 5.48 Å². The van der Waals surface area contributed by atoms with Crippen LogP contribution in [0.5, 0.6) is 0 Å². The summed E-state index contributed by atoms with van der Waals surface area (Å²) in [5.74, 6) is 0. The minimum Gasteiger partial charge on any atom is -0.135 e. The maximum atomic E-state index is 8.48. The van der Waals surface area contributed by atoms with E-state index >= 15 is 0 Å². The highest BCUT2D eigenvalue weighted by atomic mass is 32.1. The van der Waals surface area contributed by atoms with E-state index in [-0.39, 0.29) is 29.6 Å². The van der Waals surface area contributed by atoms with Crippen molar-refractivity contribution in [1.29, 1.82) is 0 Å². The van der Waals surface area contributed by atoms with Gasteiger partial charge in [0.2, 0.25) is 0 Å². The molecule has 0 nitrogen and oxygen atoms in total. The maximum Gasteiger partial charge on any atom is 0.0629 e. The summed E-state index contributed by atoms with van der Waals surface area (Å²) in [7, 11) is 0. The fourth-order valence-electron chi connectivity index (χ4n) is 3.48. The maximum absolute atomic E-state index is 8.48. The molecule has 0 aliphatic rings. The predicted octanol–water partition coefficient (Wildman–Crippen LogP) is 7.25. The standard InChI is InChI=1S/C24H24S/c1-16-8-5-9-17(14-16)15-18-10-6-12-20-22(18)23-19(24(2,3)4)11-7-13-21(23)25-20/h5-14H,15H2,1-4H3/i5D,8D,9D,14D. The van der Waals surface area contributed by atoms with Crippen LogP contribution in [0.25, 0.3) is 20.2 Å². The summed E-state index contributed by atoms with van der Waals surface area (Å²) in [4.78, 5) is 0. The molecule has 3 aromatic carbocycles. The van der Waals surface area contributed by atoms with Gasteiger partial charge in [-0.1, -0.05) is 74.8 Å². The second kappa shape index (κ2) is 6.00. The monoisotopic (exact) mass is 348 g/mol. The lowest BCUT2D eigenvalue weighted by atomic mass is 9.83. The van der Waals surface area contributed by atoms with Gasteiger partial charge < -0.3 is 0 Å². The van der Waals surface area contributed by atoms with E-state index in [0.29, 0.717) is 17.5 Å². The molecule has 4 aromatic rings. The van der Waals surface area contributed by atoms with E-state index in [9.17, 15) is 0 Å². The van der Waals surface area contributed by atoms with Crippen molar-refractivity contribution in [1.82, 2.24) is 0 Å². The molecule has 0 bridgehead atoms. The van der Waals surface area contributed by atoms with E-state index in [2.05, 4.69) is 51.1 Å². The molecule has 0 unspecified atom stereocenters. The molecule has 0 amide bonds. The molecular weight excluding hydrogens is 320 g/mol. The van der Waals surface area contributed by atoms with Crippen LogP contribution in [0.2, 0.25) is 0 Å². The van der Waals surface area contributed by atoms with Crippen LogP contribution in [0, 0.1) is 6.92 Å². The van der Waals surface area contributed by atoms with E-state index in [1.54, 1.807) is 18.3 Å². The van der Waals surface area contributed by atoms with Gasteiger partial charge in [-0.15, -0.1) is 11.3 Å². The Morgan fingerprint density at radius 3 is 2.44 bits per heavy atom. The molecule has 1 heterocycles. The van der Waals surface area contributed by atoms with Crippen LogP contribution in [0.4, 0.5) is 0 Å². The zero-order valence-corrected chi connectivity index (χ0v) is 15.9. The lowest BCUT2D eigenvalue weighted by Crippen LogP contribution is -2.11. The van der Waals surface area contributed by atoms with Gasteiger partial charge in [0.1, 0.15) is 0 Å². The zero-order chi connectivity index (χ0) is 21.1. The van der Waals surface area contributed by atoms with Crippen molar-refractivity contribution in [3.8, 4) is 0 Å². The lowest BCUT2D eigenvalue weighted by molar-refractivity contribution is 0.596. The Morgan fingerprint density at radius 1 is 0.960 bits per heavy atom. The summed E-state index contributed by atoms with van der Waals surface area (Å²) in [6, 6.07) is 12.8. The highest BCUT2D eigenvalue weighted by molar-refractivity contribution is 7.25. The summed E-state index contributed by atoms with van der Waals surface area (Å²) in [6.45, 7) is 8.37. The molecule has 0 spiro atoms. The summed E-state index contributed by atoms with van der Waals surface area (Å²) in [6.07, 6.45) is 0.423. The highest BCUT2D eigenvalue weighted by Gasteiger charge is 2.20. The van der Waals surface area contributed by atoms with Gasteiger partial charge in [0.25, 0.3) is 0 Å². The first-order chi connectivity index (χ1) is 13.6. The molecule has 0 radical (unpaired) electrons. The summed E-state index contributed by atoms with van der Waals surface area (Å²) >= 11 is 1.77. The largest absolute Gasteiger partial charge is 0.135 e. The first-order valence-corrected chi connectivity index (χ1v) is 9.42. The first-order valence-electron chi connectivity index (χ1n) is 10.6. The first kappa shape index (κ1) is 12.3. The van der Waals surface area contributed by atoms with Crippen LogP contribution in [-0.2, 0) is 11.8 Å². The Kier molecular flexibility index (Phi) is 2.94. The third kappa shape index (κ3) is 2.98. The Hall–Kier alpha value is -2.12. The Bertz CT molecular complexity index is 1230. The molecule has 126 valence electrons. The fraction of sp³-hybridized carbons (Fsp3) is 0.250. The van der Waals surface area contributed by atoms with E-state index in [1.807, 2.05) is 6.07 Å². The molecule has 0 atom stereocenters. The normalized spacial score (nSPS) is 14.4. The molecule has 0 N–H and O–H groups in total. The molecule has 1 aromatic heterocycles. The van der Waals surface area contributed by atoms with E-state index < -0.39 is 0 Å². The van der Waals surface area contributed by atoms with Crippen LogP contribution in [0.3, 0.4) is 0 Å². The van der Waals surface area contributed by atoms with Crippen molar-refractivity contribution in [3.05, 3.63) is 82.8 Å². The Morgan fingerprint density at radius 2 is 1.68 bits per heavy atom. The van der Waals surface area contributed by atoms with Crippen LogP contribution in [0.1, 0.15) is 48.5 Å². The van der Waals surface area contributed by atoms with Crippen molar-refractivity contribution in [2.75, 3.05) is 0 Å². The van der Waals surface area contributed by atoms with Crippen molar-refractivity contribution in [2.45, 2.75) is 39.5 Å². The SMILES string of the molecule is [2H]c1c([2H])c(C)c([2H])c(Cc2cccc3sc4cccc(C(C)(C)C)c4c23)c1[2H]. The Balaban J connectivity index is 2.02. The molecule has 0 saturated heterocycles. The molecular formula is C24H24S. The second-order valence-electron chi connectivity index (χ2n) is 7.60. The van der Waals surface area contributed by atoms with Gasteiger partial charge in [-0.3, -0.25) is 0 Å². The third-order valence-corrected chi connectivity index (χ3v) is 5.71. The quantitative estimate of drug-likeness (QED) is 0.358. The molecule has 0 fully saturated rings. The smallest absolute Gasteiger partial charge is 0.0629 e. The zero-order valence-electron chi connectivity index (χ0n) is 19.1. The third-order valence-electron chi connectivity index (χ3n) is 4.59. The number of rotatable bonds is 2. The number of benzene rings is 3. The highest BCUT2D eigenvalue weighted by Crippen LogP contribution is 2.41. The average molecular weight is 349 g/mol. The van der Waals surface area contributed by atoms with Crippen molar-refractivity contribution in [3.63, 3.8) is 0 Å². The van der Waals surface area contributed by atoms with E-state index in [0.717, 1.165) is 5.56 Å². The average Bonchev–Trinajstić information content (AvgIpc) is 3.06. The summed E-state index contributed by atoms with van der Waals surface area (Å²) in [5.41, 5.74) is 3.37. The predicted molar refractivity (Wildman–Crippen MR) is 112 cm³/mol. The molecule has 4 rings (SSSR count). The number of hydrogen-bond acceptors (Lipinski definition) is 1. The van der Waals surface area contributed by atoms with Gasteiger partial charge in [-0.25, -0.2) is 0 Å². The molecule has 0 aliphatic heterocycles. The fourth-order valence-corrected chi connectivity index (χ4v) is 4.66. The van der Waals surface area contributed by atoms with Gasteiger partial charge in [0.15, 0.2) is 0 Å². The van der Waals surface area contributed by atoms with Gasteiger partial charge in [0.05, 0.1) is 5.48 Å². The van der Waals surface area contributed by atoms with Crippen molar-refractivity contribution in [2.24, 2.45) is 0 Å². The molecule has 1 heteroatoms. The van der Waals surface area contributed by atoms with Gasteiger partial charge in [-0.05, 0) is 47.6 Å². The minimum atomic E-state index is -0.0915. The summed E-state index contributed by atoms with van der Waals surface area (Å²) < 4.78 is 35.4. The topological polar surface area (TPSA) is 0 Å². The van der Waals surface area contributed by atoms with Crippen molar-refractivity contribution >= 4 is 31.5 Å². The molecule has 0 aliphatic carbocycles. The number of thiophene rings is 1. The molecule has 25 heavy (non-hydrogen) atoms. The molecule has 0 saturated carbocycles. The van der Waals surface area contributed by atoms with Crippen LogP contribution < -0.4 is 0 Å². The van der Waals surface area contributed by atoms with Crippen molar-refractivity contribution < 1.29 is 5.48 Å². The van der Waals surface area contributed by atoms with Gasteiger partial charge in [0, 0.05) is 20.2 Å². The minimum absolute atomic E-state index is 0.000402. The number of fused-ring (bicyclic) bond motifs is 3.